The van der Waals surface area contributed by atoms with E-state index in [2.05, 4.69) is 15.6 Å². The van der Waals surface area contributed by atoms with Crippen LogP contribution in [0.4, 0.5) is 5.82 Å². The zero-order valence-electron chi connectivity index (χ0n) is 10.1. The fraction of sp³-hybridized carbons (Fsp3) is 0.500. The Kier molecular flexibility index (Phi) is 3.40. The number of nitrogens with zero attached hydrogens (tertiary/aromatic N) is 1. The number of nitrogens with one attached hydrogen (secondary N) is 2. The lowest BCUT2D eigenvalue weighted by atomic mass is 10.0. The van der Waals surface area contributed by atoms with Gasteiger partial charge in [0.25, 0.3) is 5.91 Å². The number of pyridine rings is 1. The number of anilines is 1. The first-order chi connectivity index (χ1) is 8.07. The molecule has 0 unspecified atom stereocenters. The van der Waals surface area contributed by atoms with Crippen molar-refractivity contribution in [3.8, 4) is 0 Å². The minimum Gasteiger partial charge on any atom is -0.363 e. The Hall–Kier alpha value is -1.46. The topological polar surface area (TPSA) is 63.2 Å². The molecule has 1 saturated heterocycles. The molecule has 92 valence electrons. The minimum absolute atomic E-state index is 0.0633. The first kappa shape index (κ1) is 12.0. The summed E-state index contributed by atoms with van der Waals surface area (Å²) in [6.07, 6.45) is 0. The van der Waals surface area contributed by atoms with E-state index < -0.39 is 0 Å². The van der Waals surface area contributed by atoms with Gasteiger partial charge in [-0.3, -0.25) is 4.79 Å². The molecule has 5 nitrogen and oxygen atoms in total. The van der Waals surface area contributed by atoms with E-state index in [0.717, 1.165) is 18.8 Å². The highest BCUT2D eigenvalue weighted by molar-refractivity contribution is 5.90. The molecule has 0 atom stereocenters. The van der Waals surface area contributed by atoms with Gasteiger partial charge in [0, 0.05) is 18.8 Å². The van der Waals surface area contributed by atoms with Crippen molar-refractivity contribution >= 4 is 11.7 Å². The molecule has 1 amide bonds. The fourth-order valence-electron chi connectivity index (χ4n) is 1.61. The number of hydrogen-bond acceptors (Lipinski definition) is 4. The monoisotopic (exact) mass is 235 g/mol. The van der Waals surface area contributed by atoms with Gasteiger partial charge in [-0.2, -0.15) is 0 Å². The van der Waals surface area contributed by atoms with Crippen molar-refractivity contribution in [1.29, 1.82) is 0 Å². The van der Waals surface area contributed by atoms with Gasteiger partial charge in [0.1, 0.15) is 12.4 Å². The quantitative estimate of drug-likeness (QED) is 0.806. The van der Waals surface area contributed by atoms with Crippen LogP contribution < -0.4 is 10.6 Å². The first-order valence-corrected chi connectivity index (χ1v) is 5.66. The van der Waals surface area contributed by atoms with E-state index in [1.54, 1.807) is 6.07 Å². The summed E-state index contributed by atoms with van der Waals surface area (Å²) in [5.41, 5.74) is 0.677. The lowest BCUT2D eigenvalue weighted by Crippen LogP contribution is -2.59. The highest BCUT2D eigenvalue weighted by atomic mass is 16.5. The van der Waals surface area contributed by atoms with E-state index in [4.69, 9.17) is 4.74 Å². The molecule has 2 N–H and O–H groups in total. The molecular weight excluding hydrogens is 218 g/mol. The Labute approximate surface area is 101 Å². The minimum atomic E-state index is -0.197. The molecular formula is C12H17N3O2. The number of hydrogen-bond donors (Lipinski definition) is 2. The van der Waals surface area contributed by atoms with Crippen molar-refractivity contribution in [3.63, 3.8) is 0 Å². The molecule has 2 heterocycles. The molecule has 5 heteroatoms. The number of ether oxygens (including phenoxy) is 1. The Morgan fingerprint density at radius 1 is 1.59 bits per heavy atom. The van der Waals surface area contributed by atoms with E-state index in [-0.39, 0.29) is 18.1 Å². The van der Waals surface area contributed by atoms with Crippen LogP contribution in [0.15, 0.2) is 18.2 Å². The standard InChI is InChI=1S/C12H17N3O2/c1-9-4-3-5-10(14-9)15-11(16)6-17-12(2)7-13-8-12/h3-5,13H,6-8H2,1-2H3,(H,14,15,16). The van der Waals surface area contributed by atoms with Gasteiger partial charge >= 0.3 is 0 Å². The molecule has 1 aliphatic rings. The number of rotatable bonds is 4. The average molecular weight is 235 g/mol. The SMILES string of the molecule is Cc1cccc(NC(=O)COC2(C)CNC2)n1. The maximum atomic E-state index is 11.6. The second-order valence-corrected chi connectivity index (χ2v) is 4.55. The summed E-state index contributed by atoms with van der Waals surface area (Å²) in [6.45, 7) is 5.52. The highest BCUT2D eigenvalue weighted by Gasteiger charge is 2.32. The zero-order chi connectivity index (χ0) is 12.3. The summed E-state index contributed by atoms with van der Waals surface area (Å²) in [7, 11) is 0. The van der Waals surface area contributed by atoms with Crippen LogP contribution in [-0.2, 0) is 9.53 Å². The largest absolute Gasteiger partial charge is 0.363 e. The Balaban J connectivity index is 1.81. The molecule has 1 aromatic heterocycles. The van der Waals surface area contributed by atoms with Crippen molar-refractivity contribution in [2.75, 3.05) is 25.0 Å². The van der Waals surface area contributed by atoms with Crippen LogP contribution in [0.3, 0.4) is 0 Å². The van der Waals surface area contributed by atoms with Crippen molar-refractivity contribution in [3.05, 3.63) is 23.9 Å². The van der Waals surface area contributed by atoms with Gasteiger partial charge in [0.05, 0.1) is 5.60 Å². The molecule has 0 spiro atoms. The van der Waals surface area contributed by atoms with Crippen LogP contribution in [0.25, 0.3) is 0 Å². The third kappa shape index (κ3) is 3.25. The Morgan fingerprint density at radius 2 is 2.35 bits per heavy atom. The molecule has 0 aliphatic carbocycles. The van der Waals surface area contributed by atoms with Crippen LogP contribution in [0.2, 0.25) is 0 Å². The number of carbonyl (C=O) groups excluding carboxylic acids is 1. The third-order valence-electron chi connectivity index (χ3n) is 2.71. The summed E-state index contributed by atoms with van der Waals surface area (Å²) < 4.78 is 5.53. The number of aryl methyl sites for hydroxylation is 1. The normalized spacial score (nSPS) is 17.3. The van der Waals surface area contributed by atoms with Crippen molar-refractivity contribution in [2.45, 2.75) is 19.4 Å². The average Bonchev–Trinajstić information content (AvgIpc) is 2.24. The molecule has 0 bridgehead atoms. The molecule has 0 saturated carbocycles. The molecule has 1 fully saturated rings. The summed E-state index contributed by atoms with van der Waals surface area (Å²) in [6, 6.07) is 5.50. The second-order valence-electron chi connectivity index (χ2n) is 4.55. The first-order valence-electron chi connectivity index (χ1n) is 5.66. The van der Waals surface area contributed by atoms with Gasteiger partial charge in [-0.15, -0.1) is 0 Å². The van der Waals surface area contributed by atoms with E-state index in [1.807, 2.05) is 26.0 Å². The van der Waals surface area contributed by atoms with Gasteiger partial charge in [-0.25, -0.2) is 4.98 Å². The number of carbonyl (C=O) groups is 1. The molecule has 0 aromatic carbocycles. The van der Waals surface area contributed by atoms with Gasteiger partial charge in [-0.05, 0) is 26.0 Å². The number of aromatic nitrogens is 1. The van der Waals surface area contributed by atoms with Gasteiger partial charge < -0.3 is 15.4 Å². The predicted molar refractivity (Wildman–Crippen MR) is 64.8 cm³/mol. The molecule has 2 rings (SSSR count). The predicted octanol–water partition coefficient (Wildman–Crippen LogP) is 0.707. The summed E-state index contributed by atoms with van der Waals surface area (Å²) in [5, 5.41) is 5.82. The third-order valence-corrected chi connectivity index (χ3v) is 2.71. The van der Waals surface area contributed by atoms with Crippen molar-refractivity contribution in [2.24, 2.45) is 0 Å². The van der Waals surface area contributed by atoms with E-state index >= 15 is 0 Å². The number of amides is 1. The lowest BCUT2D eigenvalue weighted by Gasteiger charge is -2.38. The fourth-order valence-corrected chi connectivity index (χ4v) is 1.61. The zero-order valence-corrected chi connectivity index (χ0v) is 10.1. The van der Waals surface area contributed by atoms with E-state index in [9.17, 15) is 4.79 Å². The molecule has 17 heavy (non-hydrogen) atoms. The summed E-state index contributed by atoms with van der Waals surface area (Å²) in [4.78, 5) is 15.8. The van der Waals surface area contributed by atoms with Gasteiger partial charge in [0.2, 0.25) is 0 Å². The van der Waals surface area contributed by atoms with Crippen molar-refractivity contribution < 1.29 is 9.53 Å². The van der Waals surface area contributed by atoms with E-state index in [0.29, 0.717) is 5.82 Å². The summed E-state index contributed by atoms with van der Waals surface area (Å²) in [5.74, 6) is 0.395. The maximum absolute atomic E-state index is 11.6. The van der Waals surface area contributed by atoms with Crippen molar-refractivity contribution in [1.82, 2.24) is 10.3 Å². The van der Waals surface area contributed by atoms with Crippen LogP contribution in [0.5, 0.6) is 0 Å². The van der Waals surface area contributed by atoms with Gasteiger partial charge in [0.15, 0.2) is 0 Å². The second kappa shape index (κ2) is 4.81. The Morgan fingerprint density at radius 3 is 2.94 bits per heavy atom. The van der Waals surface area contributed by atoms with Crippen LogP contribution in [0, 0.1) is 6.92 Å². The maximum Gasteiger partial charge on any atom is 0.251 e. The van der Waals surface area contributed by atoms with Crippen LogP contribution in [-0.4, -0.2) is 36.2 Å². The van der Waals surface area contributed by atoms with Gasteiger partial charge in [-0.1, -0.05) is 6.07 Å². The molecule has 1 aromatic rings. The van der Waals surface area contributed by atoms with Crippen LogP contribution >= 0.6 is 0 Å². The smallest absolute Gasteiger partial charge is 0.251 e. The molecule has 0 radical (unpaired) electrons. The Bertz CT molecular complexity index is 416. The lowest BCUT2D eigenvalue weighted by molar-refractivity contribution is -0.130. The highest BCUT2D eigenvalue weighted by Crippen LogP contribution is 2.14. The molecule has 1 aliphatic heterocycles. The summed E-state index contributed by atoms with van der Waals surface area (Å²) >= 11 is 0. The van der Waals surface area contributed by atoms with E-state index in [1.165, 1.54) is 0 Å². The van der Waals surface area contributed by atoms with Crippen LogP contribution in [0.1, 0.15) is 12.6 Å².